The third-order valence-corrected chi connectivity index (χ3v) is 9.55. The zero-order chi connectivity index (χ0) is 31.3. The van der Waals surface area contributed by atoms with Crippen LogP contribution in [0.25, 0.3) is 5.57 Å². The van der Waals surface area contributed by atoms with Crippen molar-refractivity contribution in [1.29, 1.82) is 0 Å². The fourth-order valence-corrected chi connectivity index (χ4v) is 6.72. The van der Waals surface area contributed by atoms with Gasteiger partial charge < -0.3 is 4.74 Å². The van der Waals surface area contributed by atoms with Gasteiger partial charge in [0.25, 0.3) is 0 Å². The van der Waals surface area contributed by atoms with E-state index in [0.29, 0.717) is 6.61 Å². The second kappa shape index (κ2) is 16.6. The van der Waals surface area contributed by atoms with E-state index in [1.165, 1.54) is 71.9 Å². The van der Waals surface area contributed by atoms with Gasteiger partial charge in [-0.1, -0.05) is 155 Å². The lowest BCUT2D eigenvalue weighted by Gasteiger charge is -2.33. The number of rotatable bonds is 16. The Kier molecular flexibility index (Phi) is 12.1. The lowest BCUT2D eigenvalue weighted by molar-refractivity contribution is 0.286. The van der Waals surface area contributed by atoms with Gasteiger partial charge >= 0.3 is 0 Å². The molecule has 0 aromatic heterocycles. The molecule has 0 unspecified atom stereocenters. The predicted octanol–water partition coefficient (Wildman–Crippen LogP) is 11.2. The molecule has 0 atom stereocenters. The number of hydrogen-bond donors (Lipinski definition) is 0. The molecule has 0 amide bonds. The van der Waals surface area contributed by atoms with Crippen LogP contribution in [0.1, 0.15) is 100.0 Å². The normalized spacial score (nSPS) is 14.1. The Bertz CT molecular complexity index is 1470. The highest BCUT2D eigenvalue weighted by molar-refractivity contribution is 5.75. The quantitative estimate of drug-likeness (QED) is 0.119. The fraction of sp³-hybridized carbons (Fsp3) is 0.395. The van der Waals surface area contributed by atoms with E-state index in [9.17, 15) is 0 Å². The van der Waals surface area contributed by atoms with E-state index in [2.05, 4.69) is 135 Å². The van der Waals surface area contributed by atoms with Crippen molar-refractivity contribution in [3.8, 4) is 5.75 Å². The first-order valence-corrected chi connectivity index (χ1v) is 17.3. The van der Waals surface area contributed by atoms with Gasteiger partial charge in [0.15, 0.2) is 0 Å². The summed E-state index contributed by atoms with van der Waals surface area (Å²) in [6.45, 7) is 10.7. The standard InChI is InChI=1S/C43H53NO/c1-4-5-6-16-29-43(2,3)39-26-27-40(42(31-39)45-34-37-22-14-9-15-23-37)41-33-44(32-36-20-12-8-13-21-36)30-28-38(41)25-17-24-35-18-10-7-11-19-35/h7-15,18-23,26-27,31H,4-6,16-17,24-25,28-30,32-34H2,1-3H3. The molecule has 4 aromatic carbocycles. The summed E-state index contributed by atoms with van der Waals surface area (Å²) in [4.78, 5) is 2.62. The van der Waals surface area contributed by atoms with E-state index in [1.807, 2.05) is 0 Å². The Hall–Kier alpha value is -3.62. The van der Waals surface area contributed by atoms with Crippen molar-refractivity contribution in [2.45, 2.75) is 97.1 Å². The summed E-state index contributed by atoms with van der Waals surface area (Å²) in [6, 6.07) is 39.7. The number of unbranched alkanes of at least 4 members (excludes halogenated alkanes) is 3. The molecule has 0 saturated carbocycles. The summed E-state index contributed by atoms with van der Waals surface area (Å²) in [6.07, 6.45) is 10.9. The molecular weight excluding hydrogens is 546 g/mol. The van der Waals surface area contributed by atoms with Gasteiger partial charge in [-0.15, -0.1) is 0 Å². The minimum Gasteiger partial charge on any atom is -0.488 e. The molecule has 4 aromatic rings. The van der Waals surface area contributed by atoms with Crippen LogP contribution in [0.5, 0.6) is 5.75 Å². The van der Waals surface area contributed by atoms with Crippen LogP contribution in [0.2, 0.25) is 0 Å². The summed E-state index contributed by atoms with van der Waals surface area (Å²) in [7, 11) is 0. The van der Waals surface area contributed by atoms with Gasteiger partial charge in [-0.2, -0.15) is 0 Å². The highest BCUT2D eigenvalue weighted by Gasteiger charge is 2.26. The van der Waals surface area contributed by atoms with E-state index in [4.69, 9.17) is 4.74 Å². The van der Waals surface area contributed by atoms with Crippen molar-refractivity contribution in [1.82, 2.24) is 4.90 Å². The van der Waals surface area contributed by atoms with Crippen molar-refractivity contribution >= 4 is 5.57 Å². The number of nitrogens with zero attached hydrogens (tertiary/aromatic N) is 1. The van der Waals surface area contributed by atoms with Gasteiger partial charge in [0.2, 0.25) is 0 Å². The third-order valence-electron chi connectivity index (χ3n) is 9.55. The van der Waals surface area contributed by atoms with E-state index in [1.54, 1.807) is 5.57 Å². The molecular formula is C43H53NO. The lowest BCUT2D eigenvalue weighted by Crippen LogP contribution is -2.31. The molecule has 0 N–H and O–H groups in total. The van der Waals surface area contributed by atoms with E-state index in [0.717, 1.165) is 44.6 Å². The number of aryl methyl sites for hydroxylation is 1. The second-order valence-corrected chi connectivity index (χ2v) is 13.5. The van der Waals surface area contributed by atoms with Crippen LogP contribution in [-0.2, 0) is 25.0 Å². The van der Waals surface area contributed by atoms with Crippen LogP contribution in [0.3, 0.4) is 0 Å². The Morgan fingerprint density at radius 1 is 0.689 bits per heavy atom. The van der Waals surface area contributed by atoms with Gasteiger partial charge in [0.05, 0.1) is 0 Å². The van der Waals surface area contributed by atoms with Crippen molar-refractivity contribution in [2.75, 3.05) is 13.1 Å². The molecule has 0 aliphatic carbocycles. The van der Waals surface area contributed by atoms with Gasteiger partial charge in [0, 0.05) is 25.2 Å². The molecule has 0 saturated heterocycles. The molecule has 0 fully saturated rings. The number of benzene rings is 4. The van der Waals surface area contributed by atoms with E-state index in [-0.39, 0.29) is 5.41 Å². The van der Waals surface area contributed by atoms with Gasteiger partial charge in [-0.3, -0.25) is 4.90 Å². The van der Waals surface area contributed by atoms with Crippen LogP contribution < -0.4 is 4.74 Å². The molecule has 0 radical (unpaired) electrons. The predicted molar refractivity (Wildman–Crippen MR) is 192 cm³/mol. The Labute approximate surface area is 273 Å². The zero-order valence-electron chi connectivity index (χ0n) is 27.9. The smallest absolute Gasteiger partial charge is 0.127 e. The fourth-order valence-electron chi connectivity index (χ4n) is 6.72. The zero-order valence-corrected chi connectivity index (χ0v) is 27.9. The summed E-state index contributed by atoms with van der Waals surface area (Å²) in [5.41, 5.74) is 9.86. The van der Waals surface area contributed by atoms with Crippen molar-refractivity contribution in [3.63, 3.8) is 0 Å². The molecule has 45 heavy (non-hydrogen) atoms. The lowest BCUT2D eigenvalue weighted by atomic mass is 9.79. The Morgan fingerprint density at radius 2 is 1.36 bits per heavy atom. The molecule has 0 spiro atoms. The highest BCUT2D eigenvalue weighted by Crippen LogP contribution is 2.39. The molecule has 1 heterocycles. The van der Waals surface area contributed by atoms with Crippen LogP contribution >= 0.6 is 0 Å². The van der Waals surface area contributed by atoms with Crippen molar-refractivity contribution < 1.29 is 4.74 Å². The molecule has 236 valence electrons. The summed E-state index contributed by atoms with van der Waals surface area (Å²) in [5, 5.41) is 0. The largest absolute Gasteiger partial charge is 0.488 e. The topological polar surface area (TPSA) is 12.5 Å². The van der Waals surface area contributed by atoms with E-state index < -0.39 is 0 Å². The Morgan fingerprint density at radius 3 is 2.04 bits per heavy atom. The van der Waals surface area contributed by atoms with Crippen LogP contribution in [0, 0.1) is 0 Å². The molecule has 1 aliphatic heterocycles. The first-order valence-electron chi connectivity index (χ1n) is 17.3. The maximum Gasteiger partial charge on any atom is 0.127 e. The summed E-state index contributed by atoms with van der Waals surface area (Å²) >= 11 is 0. The molecule has 5 rings (SSSR count). The van der Waals surface area contributed by atoms with Gasteiger partial charge in [-0.25, -0.2) is 0 Å². The molecule has 2 heteroatoms. The maximum absolute atomic E-state index is 6.78. The third kappa shape index (κ3) is 9.68. The minimum absolute atomic E-state index is 0.107. The monoisotopic (exact) mass is 599 g/mol. The molecule has 1 aliphatic rings. The summed E-state index contributed by atoms with van der Waals surface area (Å²) in [5.74, 6) is 1.04. The van der Waals surface area contributed by atoms with Gasteiger partial charge in [-0.05, 0) is 71.4 Å². The summed E-state index contributed by atoms with van der Waals surface area (Å²) < 4.78 is 6.78. The van der Waals surface area contributed by atoms with Crippen LogP contribution in [0.4, 0.5) is 0 Å². The second-order valence-electron chi connectivity index (χ2n) is 13.5. The van der Waals surface area contributed by atoms with E-state index >= 15 is 0 Å². The SMILES string of the molecule is CCCCCCC(C)(C)c1ccc(C2=C(CCCc3ccccc3)CCN(Cc3ccccc3)C2)c(OCc2ccccc2)c1. The van der Waals surface area contributed by atoms with Gasteiger partial charge in [0.1, 0.15) is 12.4 Å². The minimum atomic E-state index is 0.107. The van der Waals surface area contributed by atoms with Crippen molar-refractivity contribution in [3.05, 3.63) is 143 Å². The first kappa shape index (κ1) is 32.8. The number of hydrogen-bond acceptors (Lipinski definition) is 2. The molecule has 2 nitrogen and oxygen atoms in total. The highest BCUT2D eigenvalue weighted by atomic mass is 16.5. The molecule has 0 bridgehead atoms. The number of ether oxygens (including phenoxy) is 1. The maximum atomic E-state index is 6.78. The van der Waals surface area contributed by atoms with Crippen LogP contribution in [-0.4, -0.2) is 18.0 Å². The van der Waals surface area contributed by atoms with Crippen LogP contribution in [0.15, 0.2) is 115 Å². The van der Waals surface area contributed by atoms with Crippen molar-refractivity contribution in [2.24, 2.45) is 0 Å². The first-order chi connectivity index (χ1) is 22.0. The Balaban J connectivity index is 1.46. The average Bonchev–Trinajstić information content (AvgIpc) is 3.08. The average molecular weight is 600 g/mol.